The first-order valence-corrected chi connectivity index (χ1v) is 7.53. The van der Waals surface area contributed by atoms with E-state index in [4.69, 9.17) is 4.74 Å². The van der Waals surface area contributed by atoms with Gasteiger partial charge in [-0.05, 0) is 58.3 Å². The van der Waals surface area contributed by atoms with E-state index >= 15 is 0 Å². The first-order chi connectivity index (χ1) is 8.88. The number of rotatable bonds is 1. The van der Waals surface area contributed by atoms with Crippen LogP contribution in [0.15, 0.2) is 12.2 Å². The maximum Gasteiger partial charge on any atom is 0.410 e. The highest BCUT2D eigenvalue weighted by molar-refractivity contribution is 5.69. The number of carbonyl (C=O) groups is 1. The third-order valence-electron chi connectivity index (χ3n) is 4.24. The Morgan fingerprint density at radius 2 is 1.95 bits per heavy atom. The van der Waals surface area contributed by atoms with E-state index in [1.54, 1.807) is 0 Å². The Kier molecular flexibility index (Phi) is 4.22. The molecular formula is C16H27NO2. The summed E-state index contributed by atoms with van der Waals surface area (Å²) >= 11 is 0. The molecule has 1 unspecified atom stereocenters. The summed E-state index contributed by atoms with van der Waals surface area (Å²) < 4.78 is 5.55. The molecular weight excluding hydrogens is 238 g/mol. The first kappa shape index (κ1) is 14.4. The smallest absolute Gasteiger partial charge is 0.410 e. The van der Waals surface area contributed by atoms with Gasteiger partial charge in [-0.25, -0.2) is 4.79 Å². The largest absolute Gasteiger partial charge is 0.444 e. The molecule has 2 rings (SSSR count). The van der Waals surface area contributed by atoms with Crippen molar-refractivity contribution in [2.75, 3.05) is 6.54 Å². The summed E-state index contributed by atoms with van der Waals surface area (Å²) in [6.45, 7) is 8.96. The average molecular weight is 265 g/mol. The second-order valence-corrected chi connectivity index (χ2v) is 6.97. The molecule has 3 heteroatoms. The lowest BCUT2D eigenvalue weighted by atomic mass is 9.78. The minimum atomic E-state index is -0.400. The number of ether oxygens (including phenoxy) is 1. The Morgan fingerprint density at radius 3 is 2.58 bits per heavy atom. The highest BCUT2D eigenvalue weighted by Gasteiger charge is 2.38. The van der Waals surface area contributed by atoms with Gasteiger partial charge in [-0.1, -0.05) is 19.1 Å². The summed E-state index contributed by atoms with van der Waals surface area (Å²) in [6, 6.07) is 0.370. The fourth-order valence-corrected chi connectivity index (χ4v) is 3.29. The lowest BCUT2D eigenvalue weighted by Crippen LogP contribution is -2.44. The van der Waals surface area contributed by atoms with Crippen LogP contribution in [0.5, 0.6) is 0 Å². The molecule has 0 radical (unpaired) electrons. The second-order valence-electron chi connectivity index (χ2n) is 6.97. The molecule has 2 aliphatic rings. The molecule has 1 heterocycles. The van der Waals surface area contributed by atoms with Gasteiger partial charge < -0.3 is 9.64 Å². The Bertz CT molecular complexity index is 356. The van der Waals surface area contributed by atoms with Crippen LogP contribution < -0.4 is 0 Å². The van der Waals surface area contributed by atoms with Crippen LogP contribution in [0, 0.1) is 11.8 Å². The number of carbonyl (C=O) groups excluding carboxylic acids is 1. The fourth-order valence-electron chi connectivity index (χ4n) is 3.29. The molecule has 0 aromatic carbocycles. The molecule has 1 fully saturated rings. The molecule has 0 N–H and O–H groups in total. The number of hydrogen-bond donors (Lipinski definition) is 0. The van der Waals surface area contributed by atoms with Crippen molar-refractivity contribution in [3.8, 4) is 0 Å². The summed E-state index contributed by atoms with van der Waals surface area (Å²) in [7, 11) is 0. The van der Waals surface area contributed by atoms with E-state index in [9.17, 15) is 4.79 Å². The molecule has 0 aromatic heterocycles. The quantitative estimate of drug-likeness (QED) is 0.671. The molecule has 108 valence electrons. The molecule has 0 spiro atoms. The molecule has 3 nitrogen and oxygen atoms in total. The summed E-state index contributed by atoms with van der Waals surface area (Å²) in [6.07, 6.45) is 8.90. The molecule has 3 atom stereocenters. The molecule has 1 saturated heterocycles. The van der Waals surface area contributed by atoms with E-state index in [1.165, 1.54) is 0 Å². The zero-order chi connectivity index (χ0) is 14.0. The van der Waals surface area contributed by atoms with Gasteiger partial charge in [-0.2, -0.15) is 0 Å². The van der Waals surface area contributed by atoms with Crippen molar-refractivity contribution >= 4 is 6.09 Å². The lowest BCUT2D eigenvalue weighted by molar-refractivity contribution is 0.0146. The van der Waals surface area contributed by atoms with Crippen LogP contribution in [0.1, 0.15) is 53.4 Å². The van der Waals surface area contributed by atoms with Crippen molar-refractivity contribution in [3.05, 3.63) is 12.2 Å². The Balaban J connectivity index is 2.04. The molecule has 1 aliphatic heterocycles. The average Bonchev–Trinajstić information content (AvgIpc) is 2.76. The van der Waals surface area contributed by atoms with Gasteiger partial charge in [0.05, 0.1) is 0 Å². The van der Waals surface area contributed by atoms with Crippen LogP contribution in [-0.2, 0) is 4.74 Å². The van der Waals surface area contributed by atoms with Gasteiger partial charge >= 0.3 is 6.09 Å². The van der Waals surface area contributed by atoms with Gasteiger partial charge in [0.2, 0.25) is 0 Å². The zero-order valence-corrected chi connectivity index (χ0v) is 12.7. The Morgan fingerprint density at radius 1 is 1.26 bits per heavy atom. The van der Waals surface area contributed by atoms with Crippen molar-refractivity contribution in [3.63, 3.8) is 0 Å². The number of allylic oxidation sites excluding steroid dienone is 2. The van der Waals surface area contributed by atoms with Crippen LogP contribution in [-0.4, -0.2) is 29.2 Å². The number of hydrogen-bond acceptors (Lipinski definition) is 2. The van der Waals surface area contributed by atoms with Gasteiger partial charge in [-0.3, -0.25) is 0 Å². The van der Waals surface area contributed by atoms with Gasteiger partial charge in [0.1, 0.15) is 5.60 Å². The summed E-state index contributed by atoms with van der Waals surface area (Å²) in [4.78, 5) is 14.3. The van der Waals surface area contributed by atoms with Crippen molar-refractivity contribution < 1.29 is 9.53 Å². The molecule has 0 saturated carbocycles. The molecule has 1 amide bonds. The standard InChI is InChI=1S/C16H27NO2/c1-12-8-5-6-9-13(12)14-10-7-11-17(14)15(18)19-16(2,3)4/h5-6,12-14H,7-11H2,1-4H3/t12?,13-,14+/m1/s1. The molecule has 19 heavy (non-hydrogen) atoms. The van der Waals surface area contributed by atoms with Gasteiger partial charge in [0.25, 0.3) is 0 Å². The number of amides is 1. The highest BCUT2D eigenvalue weighted by Crippen LogP contribution is 2.36. The normalized spacial score (nSPS) is 31.6. The van der Waals surface area contributed by atoms with E-state index in [0.717, 1.165) is 32.2 Å². The van der Waals surface area contributed by atoms with Crippen LogP contribution >= 0.6 is 0 Å². The zero-order valence-electron chi connectivity index (χ0n) is 12.7. The van der Waals surface area contributed by atoms with Gasteiger partial charge in [0.15, 0.2) is 0 Å². The fraction of sp³-hybridized carbons (Fsp3) is 0.812. The first-order valence-electron chi connectivity index (χ1n) is 7.53. The monoisotopic (exact) mass is 265 g/mol. The second kappa shape index (κ2) is 5.56. The SMILES string of the molecule is CC1CC=CC[C@H]1[C@@H]1CCCN1C(=O)OC(C)(C)C. The van der Waals surface area contributed by atoms with Crippen molar-refractivity contribution in [2.45, 2.75) is 65.0 Å². The lowest BCUT2D eigenvalue weighted by Gasteiger charge is -2.36. The number of likely N-dealkylation sites (tertiary alicyclic amines) is 1. The van der Waals surface area contributed by atoms with E-state index in [0.29, 0.717) is 17.9 Å². The van der Waals surface area contributed by atoms with Crippen molar-refractivity contribution in [2.24, 2.45) is 11.8 Å². The highest BCUT2D eigenvalue weighted by atomic mass is 16.6. The minimum absolute atomic E-state index is 0.128. The van der Waals surface area contributed by atoms with E-state index < -0.39 is 5.60 Å². The van der Waals surface area contributed by atoms with Gasteiger partial charge in [0, 0.05) is 12.6 Å². The van der Waals surface area contributed by atoms with Crippen molar-refractivity contribution in [1.82, 2.24) is 4.90 Å². The predicted octanol–water partition coefficient (Wildman–Crippen LogP) is 3.99. The van der Waals surface area contributed by atoms with E-state index in [1.807, 2.05) is 25.7 Å². The minimum Gasteiger partial charge on any atom is -0.444 e. The summed E-state index contributed by atoms with van der Waals surface area (Å²) in [5, 5.41) is 0. The van der Waals surface area contributed by atoms with Crippen LogP contribution in [0.25, 0.3) is 0 Å². The third-order valence-corrected chi connectivity index (χ3v) is 4.24. The Hall–Kier alpha value is -0.990. The molecule has 0 bridgehead atoms. The number of nitrogens with zero attached hydrogens (tertiary/aromatic N) is 1. The van der Waals surface area contributed by atoms with E-state index in [-0.39, 0.29) is 6.09 Å². The maximum absolute atomic E-state index is 12.3. The Labute approximate surface area is 117 Å². The van der Waals surface area contributed by atoms with Crippen LogP contribution in [0.3, 0.4) is 0 Å². The summed E-state index contributed by atoms with van der Waals surface area (Å²) in [5.41, 5.74) is -0.400. The molecule has 1 aliphatic carbocycles. The van der Waals surface area contributed by atoms with E-state index in [2.05, 4.69) is 19.1 Å². The topological polar surface area (TPSA) is 29.5 Å². The maximum atomic E-state index is 12.3. The predicted molar refractivity (Wildman–Crippen MR) is 77.0 cm³/mol. The van der Waals surface area contributed by atoms with Gasteiger partial charge in [-0.15, -0.1) is 0 Å². The van der Waals surface area contributed by atoms with Crippen molar-refractivity contribution in [1.29, 1.82) is 0 Å². The van der Waals surface area contributed by atoms with Crippen LogP contribution in [0.4, 0.5) is 4.79 Å². The third kappa shape index (κ3) is 3.52. The van der Waals surface area contributed by atoms with Crippen LogP contribution in [0.2, 0.25) is 0 Å². The summed E-state index contributed by atoms with van der Waals surface area (Å²) in [5.74, 6) is 1.26. The molecule has 0 aromatic rings.